The lowest BCUT2D eigenvalue weighted by Gasteiger charge is -2.18. The molecular formula is C69H49N5O. The minimum absolute atomic E-state index is 0.601. The van der Waals surface area contributed by atoms with Crippen molar-refractivity contribution in [2.24, 2.45) is 0 Å². The molecule has 8 aromatic carbocycles. The average molecular weight is 964 g/mol. The van der Waals surface area contributed by atoms with E-state index in [1.165, 1.54) is 11.1 Å². The first-order valence-corrected chi connectivity index (χ1v) is 25.1. The third-order valence-electron chi connectivity index (χ3n) is 13.5. The van der Waals surface area contributed by atoms with E-state index in [4.69, 9.17) is 24.7 Å². The zero-order valence-corrected chi connectivity index (χ0v) is 41.5. The molecule has 12 rings (SSSR count). The van der Waals surface area contributed by atoms with Crippen molar-refractivity contribution in [1.29, 1.82) is 0 Å². The highest BCUT2D eigenvalue weighted by atomic mass is 16.5. The van der Waals surface area contributed by atoms with Crippen LogP contribution in [0.25, 0.3) is 112 Å². The summed E-state index contributed by atoms with van der Waals surface area (Å²) in [5.41, 5.74) is 21.9. The van der Waals surface area contributed by atoms with Crippen LogP contribution >= 0.6 is 0 Å². The first-order chi connectivity index (χ1) is 37.0. The number of benzene rings is 8. The summed E-state index contributed by atoms with van der Waals surface area (Å²) in [6, 6.07) is 80.0. The molecule has 356 valence electrons. The van der Waals surface area contributed by atoms with Gasteiger partial charge in [0.1, 0.15) is 11.5 Å². The van der Waals surface area contributed by atoms with Crippen molar-refractivity contribution >= 4 is 0 Å². The Morgan fingerprint density at radius 2 is 0.640 bits per heavy atom. The van der Waals surface area contributed by atoms with E-state index in [0.29, 0.717) is 11.6 Å². The number of aromatic nitrogens is 5. The number of nitrogens with zero attached hydrogens (tertiary/aromatic N) is 5. The fourth-order valence-electron chi connectivity index (χ4n) is 9.81. The lowest BCUT2D eigenvalue weighted by atomic mass is 9.86. The largest absolute Gasteiger partial charge is 0.457 e. The zero-order valence-electron chi connectivity index (χ0n) is 41.5. The van der Waals surface area contributed by atoms with Gasteiger partial charge in [0.25, 0.3) is 0 Å². The molecule has 0 fully saturated rings. The Labute approximate surface area is 437 Å². The van der Waals surface area contributed by atoms with E-state index in [0.717, 1.165) is 112 Å². The van der Waals surface area contributed by atoms with Crippen LogP contribution in [-0.4, -0.2) is 24.9 Å². The molecule has 0 N–H and O–H groups in total. The second kappa shape index (κ2) is 20.7. The molecular weight excluding hydrogens is 915 g/mol. The van der Waals surface area contributed by atoms with Crippen LogP contribution in [0.3, 0.4) is 0 Å². The Bertz CT molecular complexity index is 3830. The Morgan fingerprint density at radius 3 is 1.08 bits per heavy atom. The number of hydrogen-bond donors (Lipinski definition) is 0. The van der Waals surface area contributed by atoms with Crippen LogP contribution in [0.1, 0.15) is 11.1 Å². The van der Waals surface area contributed by atoms with Gasteiger partial charge in [-0.15, -0.1) is 0 Å². The van der Waals surface area contributed by atoms with E-state index < -0.39 is 0 Å². The van der Waals surface area contributed by atoms with Gasteiger partial charge >= 0.3 is 0 Å². The number of pyridine rings is 3. The van der Waals surface area contributed by atoms with Crippen LogP contribution in [0, 0.1) is 13.8 Å². The molecule has 6 nitrogen and oxygen atoms in total. The van der Waals surface area contributed by atoms with Crippen LogP contribution in [-0.2, 0) is 0 Å². The fourth-order valence-corrected chi connectivity index (χ4v) is 9.81. The van der Waals surface area contributed by atoms with Crippen LogP contribution in [0.4, 0.5) is 0 Å². The van der Waals surface area contributed by atoms with Crippen molar-refractivity contribution in [3.63, 3.8) is 0 Å². The molecule has 0 saturated heterocycles. The van der Waals surface area contributed by atoms with Crippen molar-refractivity contribution in [2.45, 2.75) is 13.8 Å². The summed E-state index contributed by atoms with van der Waals surface area (Å²) in [4.78, 5) is 24.4. The number of aryl methyl sites for hydroxylation is 2. The number of rotatable bonds is 12. The van der Waals surface area contributed by atoms with E-state index in [1.54, 1.807) is 6.20 Å². The number of hydrogen-bond acceptors (Lipinski definition) is 6. The maximum absolute atomic E-state index is 6.37. The first kappa shape index (κ1) is 46.2. The van der Waals surface area contributed by atoms with Gasteiger partial charge in [0, 0.05) is 69.9 Å². The molecule has 75 heavy (non-hydrogen) atoms. The Hall–Kier alpha value is -9.91. The van der Waals surface area contributed by atoms with E-state index in [1.807, 2.05) is 91.5 Å². The summed E-state index contributed by atoms with van der Waals surface area (Å²) < 4.78 is 6.37. The maximum atomic E-state index is 6.37. The summed E-state index contributed by atoms with van der Waals surface area (Å²) in [6.07, 6.45) is 9.62. The van der Waals surface area contributed by atoms with Gasteiger partial charge in [0.15, 0.2) is 5.82 Å². The predicted molar refractivity (Wildman–Crippen MR) is 306 cm³/mol. The summed E-state index contributed by atoms with van der Waals surface area (Å²) in [6.45, 7) is 4.22. The molecule has 0 amide bonds. The van der Waals surface area contributed by atoms with Crippen molar-refractivity contribution in [1.82, 2.24) is 24.9 Å². The van der Waals surface area contributed by atoms with Gasteiger partial charge < -0.3 is 4.74 Å². The van der Waals surface area contributed by atoms with Crippen molar-refractivity contribution in [3.05, 3.63) is 273 Å². The minimum Gasteiger partial charge on any atom is -0.457 e. The standard InChI is InChI=1S/C69H49N5O/c1-46-15-11-17-48(35-46)67-32-30-52(42-71-67)60-23-3-5-25-62(60)54-37-55(63-26-6-4-24-61(63)53-31-33-68(72-43-53)49-18-12-16-47(2)36-49)39-56(38-54)64-27-7-8-28-65(64)57-44-73-69(74-45-57)51-20-14-22-59(41-51)75-58-21-13-19-50(40-58)66-29-9-10-34-70-66/h3-45H,1-2H3. The lowest BCUT2D eigenvalue weighted by molar-refractivity contribution is 0.483. The maximum Gasteiger partial charge on any atom is 0.159 e. The second-order valence-corrected chi connectivity index (χ2v) is 18.7. The Kier molecular flexibility index (Phi) is 12.7. The first-order valence-electron chi connectivity index (χ1n) is 25.1. The molecule has 4 aromatic heterocycles. The van der Waals surface area contributed by atoms with Crippen molar-refractivity contribution < 1.29 is 4.74 Å². The highest BCUT2D eigenvalue weighted by Crippen LogP contribution is 2.42. The molecule has 12 aromatic rings. The van der Waals surface area contributed by atoms with E-state index in [-0.39, 0.29) is 0 Å². The van der Waals surface area contributed by atoms with Crippen LogP contribution < -0.4 is 4.74 Å². The molecule has 0 aliphatic rings. The smallest absolute Gasteiger partial charge is 0.159 e. The monoisotopic (exact) mass is 963 g/mol. The molecule has 0 saturated carbocycles. The molecule has 0 unspecified atom stereocenters. The van der Waals surface area contributed by atoms with Crippen LogP contribution in [0.2, 0.25) is 0 Å². The molecule has 0 aliphatic carbocycles. The molecule has 0 aliphatic heterocycles. The predicted octanol–water partition coefficient (Wildman–Crippen LogP) is 17.7. The van der Waals surface area contributed by atoms with Gasteiger partial charge in [-0.3, -0.25) is 15.0 Å². The van der Waals surface area contributed by atoms with Crippen LogP contribution in [0.5, 0.6) is 11.5 Å². The number of ether oxygens (including phenoxy) is 1. The quantitative estimate of drug-likeness (QED) is 0.121. The lowest BCUT2D eigenvalue weighted by Crippen LogP contribution is -1.94. The molecule has 0 radical (unpaired) electrons. The Balaban J connectivity index is 0.923. The van der Waals surface area contributed by atoms with Gasteiger partial charge in [0.05, 0.1) is 17.1 Å². The van der Waals surface area contributed by atoms with E-state index in [9.17, 15) is 0 Å². The van der Waals surface area contributed by atoms with Gasteiger partial charge in [-0.25, -0.2) is 9.97 Å². The molecule has 0 atom stereocenters. The summed E-state index contributed by atoms with van der Waals surface area (Å²) in [7, 11) is 0. The van der Waals surface area contributed by atoms with Crippen LogP contribution in [0.15, 0.2) is 262 Å². The van der Waals surface area contributed by atoms with Gasteiger partial charge in [0.2, 0.25) is 0 Å². The van der Waals surface area contributed by atoms with E-state index in [2.05, 4.69) is 183 Å². The molecule has 6 heteroatoms. The minimum atomic E-state index is 0.601. The highest BCUT2D eigenvalue weighted by Gasteiger charge is 2.18. The highest BCUT2D eigenvalue weighted by molar-refractivity contribution is 5.94. The molecule has 0 spiro atoms. The summed E-state index contributed by atoms with van der Waals surface area (Å²) in [5, 5.41) is 0. The van der Waals surface area contributed by atoms with Gasteiger partial charge in [-0.1, -0.05) is 163 Å². The Morgan fingerprint density at radius 1 is 0.253 bits per heavy atom. The van der Waals surface area contributed by atoms with Crippen molar-refractivity contribution in [2.75, 3.05) is 0 Å². The van der Waals surface area contributed by atoms with Crippen molar-refractivity contribution in [3.8, 4) is 123 Å². The topological polar surface area (TPSA) is 73.7 Å². The fraction of sp³-hybridized carbons (Fsp3) is 0.0290. The van der Waals surface area contributed by atoms with Gasteiger partial charge in [-0.2, -0.15) is 0 Å². The van der Waals surface area contributed by atoms with Gasteiger partial charge in [-0.05, 0) is 143 Å². The SMILES string of the molecule is Cc1cccc(-c2ccc(-c3ccccc3-c3cc(-c4ccccc4-c4ccc(-c5cccc(C)c5)nc4)cc(-c4ccccc4-c4cnc(-c5cccc(Oc6cccc(-c7ccccn7)c6)c5)nc4)c3)cn2)c1. The zero-order chi connectivity index (χ0) is 50.5. The summed E-state index contributed by atoms with van der Waals surface area (Å²) in [5.74, 6) is 2.01. The second-order valence-electron chi connectivity index (χ2n) is 18.7. The molecule has 4 heterocycles. The third kappa shape index (κ3) is 10.0. The average Bonchev–Trinajstić information content (AvgIpc) is 3.48. The van der Waals surface area contributed by atoms with E-state index >= 15 is 0 Å². The normalized spacial score (nSPS) is 11.1. The molecule has 0 bridgehead atoms. The third-order valence-corrected chi connectivity index (χ3v) is 13.5. The summed E-state index contributed by atoms with van der Waals surface area (Å²) >= 11 is 0.